The van der Waals surface area contributed by atoms with Crippen molar-refractivity contribution in [1.82, 2.24) is 4.90 Å². The number of alkyl halides is 1. The van der Waals surface area contributed by atoms with Gasteiger partial charge in [0.25, 0.3) is 0 Å². The van der Waals surface area contributed by atoms with Gasteiger partial charge in [0, 0.05) is 6.54 Å². The Kier molecular flexibility index (Phi) is 5.86. The summed E-state index contributed by atoms with van der Waals surface area (Å²) < 4.78 is 0. The first-order valence-electron chi connectivity index (χ1n) is 9.63. The van der Waals surface area contributed by atoms with Gasteiger partial charge in [-0.25, -0.2) is 0 Å². The van der Waals surface area contributed by atoms with Crippen LogP contribution in [0.15, 0.2) is 18.2 Å². The molecule has 1 amide bonds. The molecule has 0 spiro atoms. The smallest absolute Gasteiger partial charge is 0.238 e. The summed E-state index contributed by atoms with van der Waals surface area (Å²) in [5.41, 5.74) is 4.26. The summed E-state index contributed by atoms with van der Waals surface area (Å²) in [6.07, 6.45) is 8.52. The van der Waals surface area contributed by atoms with E-state index >= 15 is 0 Å². The second-order valence-corrected chi connectivity index (χ2v) is 7.85. The zero-order chi connectivity index (χ0) is 17.1. The van der Waals surface area contributed by atoms with Crippen molar-refractivity contribution in [1.29, 1.82) is 0 Å². The van der Waals surface area contributed by atoms with Crippen molar-refractivity contribution >= 4 is 17.5 Å². The Hall–Kier alpha value is -1.02. The van der Waals surface area contributed by atoms with Crippen LogP contribution in [0.4, 0.5) is 0 Å². The number of hydrogen-bond acceptors (Lipinski definition) is 1. The van der Waals surface area contributed by atoms with Gasteiger partial charge in [-0.3, -0.25) is 4.79 Å². The van der Waals surface area contributed by atoms with Gasteiger partial charge in [-0.05, 0) is 54.2 Å². The highest BCUT2D eigenvalue weighted by atomic mass is 35.5. The summed E-state index contributed by atoms with van der Waals surface area (Å²) in [6, 6.07) is 7.25. The van der Waals surface area contributed by atoms with Crippen molar-refractivity contribution in [3.05, 3.63) is 34.9 Å². The summed E-state index contributed by atoms with van der Waals surface area (Å²) >= 11 is 5.93. The van der Waals surface area contributed by atoms with E-state index in [1.165, 1.54) is 48.8 Å². The molecule has 0 radical (unpaired) electrons. The number of nitrogens with zero attached hydrogens (tertiary/aromatic N) is 1. The number of hydrogen-bond donors (Lipinski definition) is 0. The Morgan fingerprint density at radius 3 is 2.71 bits per heavy atom. The highest BCUT2D eigenvalue weighted by Crippen LogP contribution is 2.43. The third-order valence-electron chi connectivity index (χ3n) is 6.16. The van der Waals surface area contributed by atoms with Gasteiger partial charge in [0.1, 0.15) is 5.88 Å². The largest absolute Gasteiger partial charge is 0.334 e. The third-order valence-corrected chi connectivity index (χ3v) is 6.39. The molecule has 2 unspecified atom stereocenters. The summed E-state index contributed by atoms with van der Waals surface area (Å²) in [6.45, 7) is 5.36. The van der Waals surface area contributed by atoms with E-state index in [1.807, 2.05) is 0 Å². The van der Waals surface area contributed by atoms with Crippen LogP contribution < -0.4 is 0 Å². The standard InChI is InChI=1S/C21H30ClNO/c1-3-15(2)18-10-9-16-11-12-23(20(24)14-22)21(19(16)13-18)17-7-5-4-6-8-17/h9-10,13,15,17,21H,3-8,11-12,14H2,1-2H3. The molecule has 0 N–H and O–H groups in total. The van der Waals surface area contributed by atoms with E-state index < -0.39 is 0 Å². The summed E-state index contributed by atoms with van der Waals surface area (Å²) in [7, 11) is 0. The minimum atomic E-state index is 0.101. The first kappa shape index (κ1) is 17.8. The molecule has 2 nitrogen and oxygen atoms in total. The van der Waals surface area contributed by atoms with Crippen molar-refractivity contribution in [3.63, 3.8) is 0 Å². The molecular weight excluding hydrogens is 318 g/mol. The fourth-order valence-corrected chi connectivity index (χ4v) is 4.67. The second kappa shape index (κ2) is 7.91. The van der Waals surface area contributed by atoms with Crippen LogP contribution in [0.2, 0.25) is 0 Å². The van der Waals surface area contributed by atoms with Crippen molar-refractivity contribution in [2.24, 2.45) is 5.92 Å². The van der Waals surface area contributed by atoms with Crippen molar-refractivity contribution in [2.45, 2.75) is 70.8 Å². The molecule has 1 fully saturated rings. The van der Waals surface area contributed by atoms with Crippen molar-refractivity contribution in [3.8, 4) is 0 Å². The van der Waals surface area contributed by atoms with Gasteiger partial charge < -0.3 is 4.90 Å². The van der Waals surface area contributed by atoms with Crippen LogP contribution in [-0.2, 0) is 11.2 Å². The summed E-state index contributed by atoms with van der Waals surface area (Å²) in [5.74, 6) is 1.37. The normalized spacial score (nSPS) is 23.0. The maximum absolute atomic E-state index is 12.5. The van der Waals surface area contributed by atoms with Gasteiger partial charge in [0.15, 0.2) is 0 Å². The van der Waals surface area contributed by atoms with Crippen molar-refractivity contribution in [2.75, 3.05) is 12.4 Å². The maximum atomic E-state index is 12.5. The highest BCUT2D eigenvalue weighted by Gasteiger charge is 2.36. The van der Waals surface area contributed by atoms with E-state index in [0.29, 0.717) is 11.8 Å². The average molecular weight is 348 g/mol. The zero-order valence-corrected chi connectivity index (χ0v) is 15.8. The SMILES string of the molecule is CCC(C)c1ccc2c(c1)C(C1CCCCC1)N(C(=O)CCl)CC2. The number of amides is 1. The fourth-order valence-electron chi connectivity index (χ4n) is 4.52. The molecular formula is C21H30ClNO. The molecule has 1 aromatic carbocycles. The molecule has 1 saturated carbocycles. The first-order valence-corrected chi connectivity index (χ1v) is 10.2. The Morgan fingerprint density at radius 2 is 2.04 bits per heavy atom. The van der Waals surface area contributed by atoms with Gasteiger partial charge in [0.05, 0.1) is 6.04 Å². The van der Waals surface area contributed by atoms with Crippen LogP contribution in [0.1, 0.15) is 81.0 Å². The third kappa shape index (κ3) is 3.49. The summed E-state index contributed by atoms with van der Waals surface area (Å²) in [5, 5.41) is 0. The molecule has 3 heteroatoms. The Bertz CT molecular complexity index is 579. The molecule has 1 aliphatic carbocycles. The summed E-state index contributed by atoms with van der Waals surface area (Å²) in [4.78, 5) is 14.6. The molecule has 1 heterocycles. The van der Waals surface area contributed by atoms with E-state index in [4.69, 9.17) is 11.6 Å². The molecule has 2 aliphatic rings. The number of carbonyl (C=O) groups is 1. The van der Waals surface area contributed by atoms with E-state index in [0.717, 1.165) is 19.4 Å². The highest BCUT2D eigenvalue weighted by molar-refractivity contribution is 6.27. The number of fused-ring (bicyclic) bond motifs is 1. The monoisotopic (exact) mass is 347 g/mol. The van der Waals surface area contributed by atoms with Crippen LogP contribution in [-0.4, -0.2) is 23.2 Å². The van der Waals surface area contributed by atoms with E-state index in [2.05, 4.69) is 36.9 Å². The van der Waals surface area contributed by atoms with E-state index in [1.54, 1.807) is 0 Å². The molecule has 1 aromatic rings. The maximum Gasteiger partial charge on any atom is 0.238 e. The molecule has 0 saturated heterocycles. The lowest BCUT2D eigenvalue weighted by Gasteiger charge is -2.43. The van der Waals surface area contributed by atoms with Crippen LogP contribution >= 0.6 is 11.6 Å². The van der Waals surface area contributed by atoms with Crippen LogP contribution in [0.3, 0.4) is 0 Å². The second-order valence-electron chi connectivity index (χ2n) is 7.58. The lowest BCUT2D eigenvalue weighted by Crippen LogP contribution is -2.44. The Morgan fingerprint density at radius 1 is 1.29 bits per heavy atom. The molecule has 3 rings (SSSR count). The predicted molar refractivity (Wildman–Crippen MR) is 101 cm³/mol. The van der Waals surface area contributed by atoms with Gasteiger partial charge in [0.2, 0.25) is 5.91 Å². The number of rotatable bonds is 4. The minimum absolute atomic E-state index is 0.101. The first-order chi connectivity index (χ1) is 11.7. The molecule has 24 heavy (non-hydrogen) atoms. The zero-order valence-electron chi connectivity index (χ0n) is 15.1. The number of carbonyl (C=O) groups excluding carboxylic acids is 1. The van der Waals surface area contributed by atoms with Gasteiger partial charge in [-0.2, -0.15) is 0 Å². The quantitative estimate of drug-likeness (QED) is 0.663. The molecule has 1 aliphatic heterocycles. The van der Waals surface area contributed by atoms with E-state index in [9.17, 15) is 4.79 Å². The molecule has 0 bridgehead atoms. The molecule has 2 atom stereocenters. The fraction of sp³-hybridized carbons (Fsp3) is 0.667. The van der Waals surface area contributed by atoms with Crippen LogP contribution in [0.25, 0.3) is 0 Å². The topological polar surface area (TPSA) is 20.3 Å². The van der Waals surface area contributed by atoms with Crippen LogP contribution in [0, 0.1) is 5.92 Å². The number of benzene rings is 1. The van der Waals surface area contributed by atoms with Gasteiger partial charge >= 0.3 is 0 Å². The lowest BCUT2D eigenvalue weighted by atomic mass is 9.76. The van der Waals surface area contributed by atoms with Gasteiger partial charge in [-0.1, -0.05) is 51.3 Å². The Labute approximate surface area is 151 Å². The number of halogens is 1. The minimum Gasteiger partial charge on any atom is -0.334 e. The molecule has 132 valence electrons. The van der Waals surface area contributed by atoms with E-state index in [-0.39, 0.29) is 17.8 Å². The van der Waals surface area contributed by atoms with Crippen molar-refractivity contribution < 1.29 is 4.79 Å². The lowest BCUT2D eigenvalue weighted by molar-refractivity contribution is -0.133. The predicted octanol–water partition coefficient (Wildman–Crippen LogP) is 5.45. The Balaban J connectivity index is 2.00. The molecule has 0 aromatic heterocycles. The van der Waals surface area contributed by atoms with Crippen LogP contribution in [0.5, 0.6) is 0 Å². The van der Waals surface area contributed by atoms with Gasteiger partial charge in [-0.15, -0.1) is 11.6 Å². The average Bonchev–Trinajstić information content (AvgIpc) is 2.65.